The Hall–Kier alpha value is -1.16. The Bertz CT molecular complexity index is 549. The van der Waals surface area contributed by atoms with Crippen LogP contribution >= 0.6 is 12.2 Å². The first-order chi connectivity index (χ1) is 7.75. The third-order valence-electron chi connectivity index (χ3n) is 2.67. The van der Waals surface area contributed by atoms with Gasteiger partial charge in [-0.15, -0.1) is 0 Å². The highest BCUT2D eigenvalue weighted by Crippen LogP contribution is 2.36. The normalized spacial score (nSPS) is 14.7. The zero-order chi connectivity index (χ0) is 11.7. The SMILES string of the molecule is CC.Cc1[nH]c(=S)cc2cnn(C3CC3)c12. The molecule has 86 valence electrons. The summed E-state index contributed by atoms with van der Waals surface area (Å²) in [6, 6.07) is 2.60. The number of aromatic nitrogens is 3. The second-order valence-electron chi connectivity index (χ2n) is 3.88. The molecule has 0 aliphatic heterocycles. The van der Waals surface area contributed by atoms with E-state index in [1.54, 1.807) is 0 Å². The van der Waals surface area contributed by atoms with E-state index in [1.165, 1.54) is 18.4 Å². The van der Waals surface area contributed by atoms with E-state index in [2.05, 4.69) is 21.7 Å². The van der Waals surface area contributed by atoms with E-state index < -0.39 is 0 Å². The van der Waals surface area contributed by atoms with Crippen LogP contribution in [0.2, 0.25) is 0 Å². The molecule has 16 heavy (non-hydrogen) atoms. The van der Waals surface area contributed by atoms with Crippen molar-refractivity contribution < 1.29 is 0 Å². The molecule has 2 aromatic heterocycles. The molecule has 0 amide bonds. The number of rotatable bonds is 1. The molecule has 3 rings (SSSR count). The Kier molecular flexibility index (Phi) is 3.10. The summed E-state index contributed by atoms with van der Waals surface area (Å²) in [7, 11) is 0. The largest absolute Gasteiger partial charge is 0.348 e. The summed E-state index contributed by atoms with van der Waals surface area (Å²) in [6.07, 6.45) is 4.42. The highest BCUT2D eigenvalue weighted by atomic mass is 32.1. The van der Waals surface area contributed by atoms with E-state index in [0.29, 0.717) is 6.04 Å². The Balaban J connectivity index is 0.000000457. The van der Waals surface area contributed by atoms with Gasteiger partial charge >= 0.3 is 0 Å². The summed E-state index contributed by atoms with van der Waals surface area (Å²) < 4.78 is 2.90. The van der Waals surface area contributed by atoms with Crippen molar-refractivity contribution in [3.8, 4) is 0 Å². The molecule has 0 atom stereocenters. The molecular weight excluding hydrogens is 218 g/mol. The topological polar surface area (TPSA) is 33.6 Å². The number of aryl methyl sites for hydroxylation is 1. The lowest BCUT2D eigenvalue weighted by atomic mass is 10.2. The van der Waals surface area contributed by atoms with Gasteiger partial charge in [-0.1, -0.05) is 26.1 Å². The highest BCUT2D eigenvalue weighted by molar-refractivity contribution is 7.71. The van der Waals surface area contributed by atoms with Gasteiger partial charge in [0, 0.05) is 11.1 Å². The first kappa shape index (κ1) is 11.3. The van der Waals surface area contributed by atoms with E-state index in [9.17, 15) is 0 Å². The monoisotopic (exact) mass is 235 g/mol. The maximum atomic E-state index is 5.12. The summed E-state index contributed by atoms with van der Waals surface area (Å²) >= 11 is 5.12. The van der Waals surface area contributed by atoms with Crippen molar-refractivity contribution in [1.29, 1.82) is 0 Å². The molecule has 0 radical (unpaired) electrons. The fourth-order valence-corrected chi connectivity index (χ4v) is 2.17. The van der Waals surface area contributed by atoms with Crippen molar-refractivity contribution in [2.45, 2.75) is 39.7 Å². The summed E-state index contributed by atoms with van der Waals surface area (Å²) in [5.41, 5.74) is 2.33. The fourth-order valence-electron chi connectivity index (χ4n) is 1.89. The smallest absolute Gasteiger partial charge is 0.104 e. The predicted octanol–water partition coefficient (Wildman–Crippen LogP) is 3.76. The molecule has 1 aliphatic carbocycles. The van der Waals surface area contributed by atoms with Crippen LogP contribution in [0.4, 0.5) is 0 Å². The number of hydrogen-bond donors (Lipinski definition) is 1. The van der Waals surface area contributed by atoms with Crippen molar-refractivity contribution in [3.05, 3.63) is 22.6 Å². The Morgan fingerprint density at radius 2 is 2.12 bits per heavy atom. The summed E-state index contributed by atoms with van der Waals surface area (Å²) in [5, 5.41) is 5.56. The van der Waals surface area contributed by atoms with Crippen molar-refractivity contribution in [2.75, 3.05) is 0 Å². The molecule has 4 heteroatoms. The zero-order valence-corrected chi connectivity index (χ0v) is 10.8. The molecule has 0 bridgehead atoms. The quantitative estimate of drug-likeness (QED) is 0.763. The molecule has 1 saturated carbocycles. The maximum Gasteiger partial charge on any atom is 0.104 e. The lowest BCUT2D eigenvalue weighted by Gasteiger charge is -2.03. The van der Waals surface area contributed by atoms with Gasteiger partial charge in [-0.3, -0.25) is 4.68 Å². The second-order valence-corrected chi connectivity index (χ2v) is 4.32. The van der Waals surface area contributed by atoms with E-state index in [-0.39, 0.29) is 0 Å². The lowest BCUT2D eigenvalue weighted by Crippen LogP contribution is -1.98. The number of pyridine rings is 1. The van der Waals surface area contributed by atoms with E-state index >= 15 is 0 Å². The minimum absolute atomic E-state index is 0.621. The van der Waals surface area contributed by atoms with Crippen LogP contribution in [0.1, 0.15) is 38.4 Å². The van der Waals surface area contributed by atoms with Gasteiger partial charge in [0.2, 0.25) is 0 Å². The van der Waals surface area contributed by atoms with Gasteiger partial charge in [0.05, 0.1) is 17.8 Å². The predicted molar refractivity (Wildman–Crippen MR) is 69.3 cm³/mol. The van der Waals surface area contributed by atoms with E-state index in [1.807, 2.05) is 26.1 Å². The first-order valence-electron chi connectivity index (χ1n) is 5.83. The number of fused-ring (bicyclic) bond motifs is 1. The first-order valence-corrected chi connectivity index (χ1v) is 6.23. The van der Waals surface area contributed by atoms with Crippen LogP contribution in [0.15, 0.2) is 12.3 Å². The molecule has 0 saturated heterocycles. The van der Waals surface area contributed by atoms with Crippen molar-refractivity contribution in [3.63, 3.8) is 0 Å². The molecule has 0 aromatic carbocycles. The Morgan fingerprint density at radius 1 is 1.44 bits per heavy atom. The molecular formula is C12H17N3S. The third-order valence-corrected chi connectivity index (χ3v) is 2.89. The third kappa shape index (κ3) is 1.89. The van der Waals surface area contributed by atoms with Gasteiger partial charge in [0.15, 0.2) is 0 Å². The Morgan fingerprint density at radius 3 is 2.75 bits per heavy atom. The standard InChI is InChI=1S/C10H11N3S.C2H6/c1-6-10-7(4-9(14)12-6)5-11-13(10)8-2-3-8;1-2/h4-5,8H,2-3H2,1H3,(H,12,14);1-2H3. The van der Waals surface area contributed by atoms with Crippen molar-refractivity contribution in [1.82, 2.24) is 14.8 Å². The molecule has 2 aromatic rings. The second kappa shape index (κ2) is 4.37. The zero-order valence-electron chi connectivity index (χ0n) is 9.95. The number of nitrogens with zero attached hydrogens (tertiary/aromatic N) is 2. The molecule has 0 unspecified atom stereocenters. The van der Waals surface area contributed by atoms with Crippen LogP contribution < -0.4 is 0 Å². The van der Waals surface area contributed by atoms with Crippen molar-refractivity contribution in [2.24, 2.45) is 0 Å². The van der Waals surface area contributed by atoms with Gasteiger partial charge in [-0.2, -0.15) is 5.10 Å². The van der Waals surface area contributed by atoms with E-state index in [4.69, 9.17) is 12.2 Å². The fraction of sp³-hybridized carbons (Fsp3) is 0.500. The van der Waals surface area contributed by atoms with Crippen LogP contribution in [-0.4, -0.2) is 14.8 Å². The molecule has 1 fully saturated rings. The summed E-state index contributed by atoms with van der Waals surface area (Å²) in [4.78, 5) is 3.18. The van der Waals surface area contributed by atoms with Gasteiger partial charge in [-0.05, 0) is 25.8 Å². The molecule has 1 aliphatic rings. The van der Waals surface area contributed by atoms with Gasteiger partial charge < -0.3 is 4.98 Å². The van der Waals surface area contributed by atoms with Gasteiger partial charge in [0.25, 0.3) is 0 Å². The number of aromatic amines is 1. The van der Waals surface area contributed by atoms with Crippen LogP contribution in [0, 0.1) is 11.6 Å². The molecule has 2 heterocycles. The van der Waals surface area contributed by atoms with Crippen molar-refractivity contribution >= 4 is 23.1 Å². The Labute approximate surface area is 100 Å². The summed E-state index contributed by atoms with van der Waals surface area (Å²) in [6.45, 7) is 6.05. The average Bonchev–Trinajstić information content (AvgIpc) is 3.02. The average molecular weight is 235 g/mol. The number of hydrogen-bond acceptors (Lipinski definition) is 2. The minimum Gasteiger partial charge on any atom is -0.348 e. The lowest BCUT2D eigenvalue weighted by molar-refractivity contribution is 0.662. The van der Waals surface area contributed by atoms with Crippen LogP contribution in [-0.2, 0) is 0 Å². The van der Waals surface area contributed by atoms with Crippen LogP contribution in [0.25, 0.3) is 10.9 Å². The van der Waals surface area contributed by atoms with Gasteiger partial charge in [-0.25, -0.2) is 0 Å². The van der Waals surface area contributed by atoms with Gasteiger partial charge in [0.1, 0.15) is 4.64 Å². The van der Waals surface area contributed by atoms with Crippen LogP contribution in [0.5, 0.6) is 0 Å². The van der Waals surface area contributed by atoms with E-state index in [0.717, 1.165) is 15.7 Å². The highest BCUT2D eigenvalue weighted by Gasteiger charge is 2.26. The number of nitrogens with one attached hydrogen (secondary N) is 1. The molecule has 1 N–H and O–H groups in total. The number of H-pyrrole nitrogens is 1. The van der Waals surface area contributed by atoms with Crippen LogP contribution in [0.3, 0.4) is 0 Å². The molecule has 3 nitrogen and oxygen atoms in total. The molecule has 0 spiro atoms. The maximum absolute atomic E-state index is 5.12. The minimum atomic E-state index is 0.621. The summed E-state index contributed by atoms with van der Waals surface area (Å²) in [5.74, 6) is 0.